The molecule has 0 aromatic heterocycles. The molecule has 3 unspecified atom stereocenters. The first-order valence-electron chi connectivity index (χ1n) is 16.1. The van der Waals surface area contributed by atoms with Crippen molar-refractivity contribution in [3.05, 3.63) is 75.0 Å². The Kier molecular flexibility index (Phi) is 7.74. The van der Waals surface area contributed by atoms with Crippen molar-refractivity contribution in [1.82, 2.24) is 9.80 Å². The maximum absolute atomic E-state index is 15.7. The van der Waals surface area contributed by atoms with Crippen molar-refractivity contribution >= 4 is 46.5 Å². The highest BCUT2D eigenvalue weighted by Gasteiger charge is 2.40. The molecule has 9 rings (SSSR count). The van der Waals surface area contributed by atoms with Gasteiger partial charge in [-0.05, 0) is 57.0 Å². The molecule has 6 aliphatic heterocycles. The van der Waals surface area contributed by atoms with Crippen LogP contribution < -0.4 is 14.5 Å². The van der Waals surface area contributed by atoms with Crippen molar-refractivity contribution in [1.29, 1.82) is 0 Å². The first kappa shape index (κ1) is 30.7. The lowest BCUT2D eigenvalue weighted by molar-refractivity contribution is 0.0516. The Morgan fingerprint density at radius 2 is 1.62 bits per heavy atom. The number of aromatic carboxylic acids is 1. The molecule has 4 bridgehead atoms. The standard InChI is InChI=1S/C35H35Cl2FN4O5/c1-39-14-21-6-5-20(39)15-41(21)24-9-28(36)32(29(37)10-24)34(43)40-13-19-3-2-4-25(33(19)47-18-40)26-12-31(27(35(44)45)11-30(26)38)42-22-7-8-23(42)17-46-16-22/h2-4,9-12,20-23H,5-8,13-18H2,1H3,(H,44,45)/t20-,21?,22?,23?/m1/s1. The second-order valence-electron chi connectivity index (χ2n) is 13.3. The summed E-state index contributed by atoms with van der Waals surface area (Å²) in [6, 6.07) is 12.7. The van der Waals surface area contributed by atoms with E-state index in [0.717, 1.165) is 44.1 Å². The summed E-state index contributed by atoms with van der Waals surface area (Å²) in [4.78, 5) is 34.4. The van der Waals surface area contributed by atoms with Crippen molar-refractivity contribution in [3.8, 4) is 16.9 Å². The smallest absolute Gasteiger partial charge is 0.337 e. The molecule has 5 fully saturated rings. The van der Waals surface area contributed by atoms with Crippen LogP contribution in [0.1, 0.15) is 52.0 Å². The molecule has 1 amide bonds. The highest BCUT2D eigenvalue weighted by Crippen LogP contribution is 2.44. The molecule has 9 nitrogen and oxygen atoms in total. The summed E-state index contributed by atoms with van der Waals surface area (Å²) in [5, 5.41) is 10.6. The second-order valence-corrected chi connectivity index (χ2v) is 14.1. The summed E-state index contributed by atoms with van der Waals surface area (Å²) < 4.78 is 27.6. The van der Waals surface area contributed by atoms with E-state index >= 15 is 4.39 Å². The number of fused-ring (bicyclic) bond motifs is 6. The van der Waals surface area contributed by atoms with E-state index in [4.69, 9.17) is 32.7 Å². The predicted octanol–water partition coefficient (Wildman–Crippen LogP) is 6.14. The van der Waals surface area contributed by atoms with Gasteiger partial charge in [0.15, 0.2) is 6.73 Å². The topological polar surface area (TPSA) is 85.8 Å². The third kappa shape index (κ3) is 5.21. The van der Waals surface area contributed by atoms with Gasteiger partial charge in [0, 0.05) is 47.6 Å². The van der Waals surface area contributed by atoms with Gasteiger partial charge in [-0.2, -0.15) is 0 Å². The van der Waals surface area contributed by atoms with Crippen LogP contribution >= 0.6 is 23.2 Å². The fraction of sp³-hybridized carbons (Fsp3) is 0.429. The van der Waals surface area contributed by atoms with Crippen molar-refractivity contribution in [2.75, 3.05) is 49.9 Å². The Labute approximate surface area is 282 Å². The monoisotopic (exact) mass is 680 g/mol. The number of morpholine rings is 1. The van der Waals surface area contributed by atoms with Crippen LogP contribution in [-0.2, 0) is 11.3 Å². The lowest BCUT2D eigenvalue weighted by Gasteiger charge is -2.51. The minimum atomic E-state index is -1.18. The molecule has 0 saturated carbocycles. The Bertz CT molecular complexity index is 1750. The predicted molar refractivity (Wildman–Crippen MR) is 178 cm³/mol. The van der Waals surface area contributed by atoms with Gasteiger partial charge in [-0.3, -0.25) is 9.69 Å². The number of carboxylic acids is 1. The van der Waals surface area contributed by atoms with Gasteiger partial charge in [0.25, 0.3) is 5.91 Å². The molecule has 246 valence electrons. The number of carbonyl (C=O) groups is 2. The number of benzene rings is 3. The molecular formula is C35H35Cl2FN4O5. The molecule has 5 saturated heterocycles. The zero-order valence-corrected chi connectivity index (χ0v) is 27.4. The van der Waals surface area contributed by atoms with Crippen LogP contribution in [0.15, 0.2) is 42.5 Å². The van der Waals surface area contributed by atoms with Gasteiger partial charge >= 0.3 is 5.97 Å². The highest BCUT2D eigenvalue weighted by atomic mass is 35.5. The lowest BCUT2D eigenvalue weighted by Crippen LogP contribution is -2.61. The third-order valence-electron chi connectivity index (χ3n) is 10.6. The molecule has 3 aromatic carbocycles. The Hall–Kier alpha value is -3.57. The number of carbonyl (C=O) groups excluding carboxylic acids is 1. The molecule has 12 heteroatoms. The number of amides is 1. The number of para-hydroxylation sites is 1. The van der Waals surface area contributed by atoms with E-state index in [9.17, 15) is 14.7 Å². The van der Waals surface area contributed by atoms with E-state index in [1.807, 2.05) is 18.2 Å². The fourth-order valence-electron chi connectivity index (χ4n) is 8.23. The number of piperazine rings is 1. The summed E-state index contributed by atoms with van der Waals surface area (Å²) in [7, 11) is 2.16. The average Bonchev–Trinajstić information content (AvgIpc) is 3.30. The Balaban J connectivity index is 1.07. The maximum Gasteiger partial charge on any atom is 0.337 e. The Morgan fingerprint density at radius 1 is 0.915 bits per heavy atom. The SMILES string of the molecule is CN1CC2CC[C@@H]1CN2c1cc(Cl)c(C(=O)N2COc3c(cccc3-c3cc(N4C5CCC4COC5)c(C(=O)O)cc3F)C2)c(Cl)c1. The van der Waals surface area contributed by atoms with Gasteiger partial charge < -0.3 is 29.3 Å². The zero-order chi connectivity index (χ0) is 32.6. The van der Waals surface area contributed by atoms with Crippen LogP contribution in [-0.4, -0.2) is 91.0 Å². The number of carboxylic acid groups (broad SMARTS) is 1. The fourth-order valence-corrected chi connectivity index (χ4v) is 8.87. The van der Waals surface area contributed by atoms with Gasteiger partial charge in [0.05, 0.1) is 58.7 Å². The summed E-state index contributed by atoms with van der Waals surface area (Å²) in [6.07, 6.45) is 4.06. The van der Waals surface area contributed by atoms with Gasteiger partial charge in [0.2, 0.25) is 0 Å². The number of halogens is 3. The van der Waals surface area contributed by atoms with Crippen molar-refractivity contribution in [2.24, 2.45) is 0 Å². The molecule has 6 aliphatic rings. The minimum Gasteiger partial charge on any atom is -0.478 e. The molecule has 0 radical (unpaired) electrons. The quantitative estimate of drug-likeness (QED) is 0.344. The number of ether oxygens (including phenoxy) is 2. The van der Waals surface area contributed by atoms with Gasteiger partial charge in [-0.1, -0.05) is 41.4 Å². The molecule has 3 aromatic rings. The van der Waals surface area contributed by atoms with Crippen LogP contribution in [0.5, 0.6) is 5.75 Å². The highest BCUT2D eigenvalue weighted by molar-refractivity contribution is 6.40. The van der Waals surface area contributed by atoms with Crippen LogP contribution in [0.3, 0.4) is 0 Å². The van der Waals surface area contributed by atoms with Crippen LogP contribution in [0.4, 0.5) is 15.8 Å². The van der Waals surface area contributed by atoms with Gasteiger partial charge in [0.1, 0.15) is 11.6 Å². The van der Waals surface area contributed by atoms with E-state index in [1.165, 1.54) is 11.3 Å². The number of anilines is 2. The minimum absolute atomic E-state index is 0.0371. The number of likely N-dealkylation sites (N-methyl/N-ethyl adjacent to an activating group) is 1. The number of hydrogen-bond acceptors (Lipinski definition) is 7. The summed E-state index contributed by atoms with van der Waals surface area (Å²) >= 11 is 13.5. The molecule has 4 atom stereocenters. The molecule has 0 spiro atoms. The van der Waals surface area contributed by atoms with E-state index in [0.29, 0.717) is 47.9 Å². The summed E-state index contributed by atoms with van der Waals surface area (Å²) in [5.41, 5.74) is 2.97. The molecule has 47 heavy (non-hydrogen) atoms. The van der Waals surface area contributed by atoms with Crippen molar-refractivity contribution < 1.29 is 28.6 Å². The van der Waals surface area contributed by atoms with Crippen LogP contribution in [0.25, 0.3) is 11.1 Å². The zero-order valence-electron chi connectivity index (χ0n) is 25.9. The number of piperidine rings is 2. The molecular weight excluding hydrogens is 646 g/mol. The average molecular weight is 682 g/mol. The molecule has 0 aliphatic carbocycles. The van der Waals surface area contributed by atoms with Crippen molar-refractivity contribution in [2.45, 2.75) is 56.4 Å². The van der Waals surface area contributed by atoms with Crippen LogP contribution in [0, 0.1) is 5.82 Å². The largest absolute Gasteiger partial charge is 0.478 e. The van der Waals surface area contributed by atoms with E-state index in [2.05, 4.69) is 21.7 Å². The van der Waals surface area contributed by atoms with Gasteiger partial charge in [-0.15, -0.1) is 0 Å². The van der Waals surface area contributed by atoms with E-state index in [1.54, 1.807) is 18.2 Å². The lowest BCUT2D eigenvalue weighted by atomic mass is 9.90. The number of hydrogen-bond donors (Lipinski definition) is 1. The van der Waals surface area contributed by atoms with Crippen molar-refractivity contribution in [3.63, 3.8) is 0 Å². The molecule has 6 heterocycles. The number of rotatable bonds is 5. The van der Waals surface area contributed by atoms with E-state index < -0.39 is 11.8 Å². The normalized spacial score (nSPS) is 25.1. The first-order valence-corrected chi connectivity index (χ1v) is 16.9. The summed E-state index contributed by atoms with van der Waals surface area (Å²) in [5.74, 6) is -1.75. The number of nitrogens with zero attached hydrogens (tertiary/aromatic N) is 4. The Morgan fingerprint density at radius 3 is 2.28 bits per heavy atom. The second kappa shape index (κ2) is 11.8. The first-order chi connectivity index (χ1) is 22.7. The van der Waals surface area contributed by atoms with Crippen LogP contribution in [0.2, 0.25) is 10.0 Å². The maximum atomic E-state index is 15.7. The van der Waals surface area contributed by atoms with Gasteiger partial charge in [-0.25, -0.2) is 9.18 Å². The molecule has 1 N–H and O–H groups in total. The third-order valence-corrected chi connectivity index (χ3v) is 11.2. The van der Waals surface area contributed by atoms with E-state index in [-0.39, 0.29) is 58.0 Å². The summed E-state index contributed by atoms with van der Waals surface area (Å²) in [6.45, 7) is 3.00.